The minimum Gasteiger partial charge on any atom is -0.449 e. The zero-order chi connectivity index (χ0) is 16.3. The predicted octanol–water partition coefficient (Wildman–Crippen LogP) is -0.691. The van der Waals surface area contributed by atoms with Gasteiger partial charge in [-0.15, -0.1) is 0 Å². The summed E-state index contributed by atoms with van der Waals surface area (Å²) in [5.74, 6) is 0.0310. The molecule has 0 atom stereocenters. The molecule has 1 rings (SSSR count). The van der Waals surface area contributed by atoms with E-state index >= 15 is 0 Å². The van der Waals surface area contributed by atoms with Gasteiger partial charge in [0.05, 0.1) is 12.1 Å². The summed E-state index contributed by atoms with van der Waals surface area (Å²) in [6.45, 7) is 6.60. The first-order valence-electron chi connectivity index (χ1n) is 6.65. The Morgan fingerprint density at radius 2 is 1.86 bits per heavy atom. The van der Waals surface area contributed by atoms with Crippen molar-refractivity contribution >= 4 is 22.1 Å². The van der Waals surface area contributed by atoms with E-state index in [1.807, 2.05) is 23.5 Å². The topological polar surface area (TPSA) is 129 Å². The molecule has 1 heterocycles. The Labute approximate surface area is 125 Å². The summed E-state index contributed by atoms with van der Waals surface area (Å²) in [7, 11) is -3.90. The van der Waals surface area contributed by atoms with Crippen molar-refractivity contribution in [2.24, 2.45) is 5.73 Å². The van der Waals surface area contributed by atoms with Crippen LogP contribution in [0.25, 0.3) is 0 Å². The zero-order valence-electron chi connectivity index (χ0n) is 12.5. The maximum absolute atomic E-state index is 12.0. The molecule has 9 nitrogen and oxygen atoms in total. The minimum atomic E-state index is -3.90. The molecule has 0 unspecified atom stereocenters. The second kappa shape index (κ2) is 6.58. The number of carbonyl (C=O) groups excluding carboxylic acids is 1. The number of hydrogen-bond donors (Lipinski definition) is 3. The average molecular weight is 321 g/mol. The van der Waals surface area contributed by atoms with Crippen LogP contribution in [0.4, 0.5) is 4.79 Å². The van der Waals surface area contributed by atoms with Gasteiger partial charge in [-0.25, -0.2) is 9.52 Å². The van der Waals surface area contributed by atoms with Gasteiger partial charge >= 0.3 is 16.3 Å². The molecule has 0 bridgehead atoms. The summed E-state index contributed by atoms with van der Waals surface area (Å²) < 4.78 is 31.6. The summed E-state index contributed by atoms with van der Waals surface area (Å²) >= 11 is 0. The second-order valence-electron chi connectivity index (χ2n) is 5.19. The Bertz CT molecular complexity index is 497. The van der Waals surface area contributed by atoms with Gasteiger partial charge in [0, 0.05) is 26.2 Å². The molecule has 0 aromatic rings. The lowest BCUT2D eigenvalue weighted by molar-refractivity contribution is 0.120. The van der Waals surface area contributed by atoms with Crippen LogP contribution in [0.2, 0.25) is 0 Å². The van der Waals surface area contributed by atoms with Crippen LogP contribution >= 0.6 is 0 Å². The number of nitrogens with zero attached hydrogens (tertiary/aromatic N) is 2. The highest BCUT2D eigenvalue weighted by Gasteiger charge is 2.36. The Morgan fingerprint density at radius 3 is 2.29 bits per heavy atom. The maximum atomic E-state index is 12.0. The van der Waals surface area contributed by atoms with Crippen LogP contribution < -0.4 is 10.5 Å². The molecular formula is C11H23N5O4S. The lowest BCUT2D eigenvalue weighted by Gasteiger charge is -2.42. The van der Waals surface area contributed by atoms with E-state index in [-0.39, 0.29) is 25.5 Å². The van der Waals surface area contributed by atoms with Gasteiger partial charge in [0.1, 0.15) is 5.84 Å². The zero-order valence-corrected chi connectivity index (χ0v) is 13.4. The fourth-order valence-electron chi connectivity index (χ4n) is 1.99. The highest BCUT2D eigenvalue weighted by atomic mass is 32.2. The van der Waals surface area contributed by atoms with Gasteiger partial charge in [0.25, 0.3) is 0 Å². The molecule has 1 aliphatic rings. The van der Waals surface area contributed by atoms with E-state index in [1.165, 1.54) is 4.31 Å². The highest BCUT2D eigenvalue weighted by molar-refractivity contribution is 7.87. The summed E-state index contributed by atoms with van der Waals surface area (Å²) in [6, 6.07) is 0. The van der Waals surface area contributed by atoms with Crippen molar-refractivity contribution in [2.75, 3.05) is 32.8 Å². The van der Waals surface area contributed by atoms with Crippen LogP contribution in [-0.4, -0.2) is 67.9 Å². The molecule has 0 spiro atoms. The molecule has 0 aromatic carbocycles. The van der Waals surface area contributed by atoms with Gasteiger partial charge < -0.3 is 10.5 Å². The standard InChI is InChI=1S/C11H23N5O4S/c1-4-20-10(17)14-21(18,19)16-7-5-15(6-8-16)11(2,3)9(12)13/h4-8H2,1-3H3,(H3,12,13)(H,14,17). The van der Waals surface area contributed by atoms with Gasteiger partial charge in [-0.1, -0.05) is 0 Å². The molecule has 1 saturated heterocycles. The minimum absolute atomic E-state index is 0.0310. The molecular weight excluding hydrogens is 298 g/mol. The van der Waals surface area contributed by atoms with E-state index in [0.29, 0.717) is 13.1 Å². The monoisotopic (exact) mass is 321 g/mol. The molecule has 1 amide bonds. The molecule has 0 aromatic heterocycles. The summed E-state index contributed by atoms with van der Waals surface area (Å²) in [6.07, 6.45) is -0.982. The quantitative estimate of drug-likeness (QED) is 0.454. The van der Waals surface area contributed by atoms with Crippen molar-refractivity contribution in [1.29, 1.82) is 5.41 Å². The number of nitrogens with two attached hydrogens (primary N) is 1. The van der Waals surface area contributed by atoms with Crippen molar-refractivity contribution in [3.05, 3.63) is 0 Å². The molecule has 1 fully saturated rings. The van der Waals surface area contributed by atoms with Crippen LogP contribution in [0.3, 0.4) is 0 Å². The molecule has 1 aliphatic heterocycles. The van der Waals surface area contributed by atoms with Crippen LogP contribution in [0.5, 0.6) is 0 Å². The van der Waals surface area contributed by atoms with Gasteiger partial charge in [-0.2, -0.15) is 12.7 Å². The van der Waals surface area contributed by atoms with E-state index in [9.17, 15) is 13.2 Å². The molecule has 10 heteroatoms. The third kappa shape index (κ3) is 4.29. The second-order valence-corrected chi connectivity index (χ2v) is 6.86. The first-order chi connectivity index (χ1) is 9.61. The Morgan fingerprint density at radius 1 is 1.33 bits per heavy atom. The number of nitrogens with one attached hydrogen (secondary N) is 2. The lowest BCUT2D eigenvalue weighted by atomic mass is 10.0. The third-order valence-corrected chi connectivity index (χ3v) is 4.99. The number of rotatable bonds is 5. The molecule has 0 radical (unpaired) electrons. The largest absolute Gasteiger partial charge is 0.449 e. The third-order valence-electron chi connectivity index (χ3n) is 3.52. The van der Waals surface area contributed by atoms with Crippen molar-refractivity contribution < 1.29 is 17.9 Å². The number of amidine groups is 1. The average Bonchev–Trinajstić information content (AvgIpc) is 2.38. The van der Waals surface area contributed by atoms with E-state index in [0.717, 1.165) is 0 Å². The Balaban J connectivity index is 2.64. The SMILES string of the molecule is CCOC(=O)NS(=O)(=O)N1CCN(C(C)(C)C(=N)N)CC1. The molecule has 122 valence electrons. The van der Waals surface area contributed by atoms with Gasteiger partial charge in [0.15, 0.2) is 0 Å². The molecule has 0 saturated carbocycles. The highest BCUT2D eigenvalue weighted by Crippen LogP contribution is 2.17. The van der Waals surface area contributed by atoms with E-state index in [1.54, 1.807) is 6.92 Å². The van der Waals surface area contributed by atoms with Gasteiger partial charge in [-0.05, 0) is 20.8 Å². The van der Waals surface area contributed by atoms with Crippen molar-refractivity contribution in [3.63, 3.8) is 0 Å². The van der Waals surface area contributed by atoms with Crippen LogP contribution in [0.15, 0.2) is 0 Å². The predicted molar refractivity (Wildman–Crippen MR) is 78.2 cm³/mol. The molecule has 21 heavy (non-hydrogen) atoms. The Kier molecular flexibility index (Phi) is 5.54. The summed E-state index contributed by atoms with van der Waals surface area (Å²) in [4.78, 5) is 13.2. The number of carbonyl (C=O) groups is 1. The maximum Gasteiger partial charge on any atom is 0.421 e. The van der Waals surface area contributed by atoms with Gasteiger partial charge in [-0.3, -0.25) is 10.3 Å². The van der Waals surface area contributed by atoms with E-state index in [4.69, 9.17) is 11.1 Å². The first-order valence-corrected chi connectivity index (χ1v) is 8.09. The first kappa shape index (κ1) is 17.7. The molecule has 0 aliphatic carbocycles. The summed E-state index contributed by atoms with van der Waals surface area (Å²) in [5.41, 5.74) is 4.94. The lowest BCUT2D eigenvalue weighted by Crippen LogP contribution is -2.61. The van der Waals surface area contributed by atoms with Crippen molar-refractivity contribution in [2.45, 2.75) is 26.3 Å². The normalized spacial score (nSPS) is 18.2. The van der Waals surface area contributed by atoms with Crippen LogP contribution in [0.1, 0.15) is 20.8 Å². The summed E-state index contributed by atoms with van der Waals surface area (Å²) in [5, 5.41) is 7.58. The fraction of sp³-hybridized carbons (Fsp3) is 0.818. The van der Waals surface area contributed by atoms with Crippen molar-refractivity contribution in [1.82, 2.24) is 13.9 Å². The number of ether oxygens (including phenoxy) is 1. The van der Waals surface area contributed by atoms with Crippen LogP contribution in [0, 0.1) is 5.41 Å². The molecule has 4 N–H and O–H groups in total. The number of hydrogen-bond acceptors (Lipinski definition) is 6. The smallest absolute Gasteiger partial charge is 0.421 e. The number of amides is 1. The Hall–Kier alpha value is -1.39. The van der Waals surface area contributed by atoms with Gasteiger partial charge in [0.2, 0.25) is 0 Å². The number of piperazine rings is 1. The fourth-order valence-corrected chi connectivity index (χ4v) is 3.03. The van der Waals surface area contributed by atoms with Crippen LogP contribution in [-0.2, 0) is 14.9 Å². The van der Waals surface area contributed by atoms with E-state index in [2.05, 4.69) is 4.74 Å². The van der Waals surface area contributed by atoms with E-state index < -0.39 is 21.8 Å². The van der Waals surface area contributed by atoms with Crippen molar-refractivity contribution in [3.8, 4) is 0 Å².